The highest BCUT2D eigenvalue weighted by Crippen LogP contribution is 2.03. The summed E-state index contributed by atoms with van der Waals surface area (Å²) in [6, 6.07) is 6.77. The van der Waals surface area contributed by atoms with Gasteiger partial charge < -0.3 is 10.4 Å². The smallest absolute Gasteiger partial charge is 0.292 e. The third-order valence-electron chi connectivity index (χ3n) is 2.08. The first-order valence-corrected chi connectivity index (χ1v) is 5.08. The van der Waals surface area contributed by atoms with E-state index in [0.29, 0.717) is 5.56 Å². The Labute approximate surface area is 94.3 Å². The van der Waals surface area contributed by atoms with E-state index in [-0.39, 0.29) is 6.54 Å². The molecule has 0 aliphatic heterocycles. The van der Waals surface area contributed by atoms with Crippen molar-refractivity contribution in [3.8, 4) is 0 Å². The molecule has 86 valence electrons. The number of hydrogen-bond donors (Lipinski definition) is 2. The van der Waals surface area contributed by atoms with Crippen LogP contribution in [-0.4, -0.2) is 29.4 Å². The third kappa shape index (κ3) is 3.47. The summed E-state index contributed by atoms with van der Waals surface area (Å²) < 4.78 is 0. The zero-order chi connectivity index (χ0) is 12.1. The highest BCUT2D eigenvalue weighted by atomic mass is 16.3. The molecule has 1 amide bonds. The Kier molecular flexibility index (Phi) is 4.19. The number of benzene rings is 1. The molecule has 0 aliphatic carbocycles. The fourth-order valence-corrected chi connectivity index (χ4v) is 1.16. The lowest BCUT2D eigenvalue weighted by atomic mass is 10.1. The number of aliphatic hydroxyl groups is 1. The van der Waals surface area contributed by atoms with Gasteiger partial charge in [0.1, 0.15) is 0 Å². The molecule has 0 aliphatic rings. The molecule has 4 nitrogen and oxygen atoms in total. The number of amides is 1. The van der Waals surface area contributed by atoms with Crippen LogP contribution < -0.4 is 5.32 Å². The monoisotopic (exact) mass is 221 g/mol. The number of aliphatic hydroxyl groups excluding tert-OH is 1. The van der Waals surface area contributed by atoms with Crippen molar-refractivity contribution >= 4 is 11.7 Å². The van der Waals surface area contributed by atoms with E-state index in [1.54, 1.807) is 24.3 Å². The second kappa shape index (κ2) is 5.42. The number of hydrogen-bond acceptors (Lipinski definition) is 3. The molecule has 0 saturated heterocycles. The largest absolute Gasteiger partial charge is 0.392 e. The molecule has 0 heterocycles. The van der Waals surface area contributed by atoms with E-state index in [2.05, 4.69) is 5.32 Å². The van der Waals surface area contributed by atoms with Crippen LogP contribution in [0.3, 0.4) is 0 Å². The fraction of sp³-hybridized carbons (Fsp3) is 0.333. The van der Waals surface area contributed by atoms with Gasteiger partial charge in [-0.25, -0.2) is 0 Å². The second-order valence-corrected chi connectivity index (χ2v) is 3.75. The molecule has 1 atom stereocenters. The molecular weight excluding hydrogens is 206 g/mol. The van der Waals surface area contributed by atoms with Gasteiger partial charge in [-0.3, -0.25) is 9.59 Å². The summed E-state index contributed by atoms with van der Waals surface area (Å²) in [5, 5.41) is 11.3. The van der Waals surface area contributed by atoms with Crippen LogP contribution in [0.25, 0.3) is 0 Å². The van der Waals surface area contributed by atoms with Gasteiger partial charge in [-0.2, -0.15) is 0 Å². The van der Waals surface area contributed by atoms with Gasteiger partial charge in [0.25, 0.3) is 5.91 Å². The quantitative estimate of drug-likeness (QED) is 0.580. The second-order valence-electron chi connectivity index (χ2n) is 3.75. The number of carbonyl (C=O) groups is 2. The first-order chi connectivity index (χ1) is 7.50. The zero-order valence-electron chi connectivity index (χ0n) is 9.36. The van der Waals surface area contributed by atoms with Crippen molar-refractivity contribution in [1.29, 1.82) is 0 Å². The molecule has 2 N–H and O–H groups in total. The summed E-state index contributed by atoms with van der Waals surface area (Å²) >= 11 is 0. The summed E-state index contributed by atoms with van der Waals surface area (Å²) in [5.74, 6) is -1.27. The van der Waals surface area contributed by atoms with Crippen molar-refractivity contribution in [1.82, 2.24) is 5.32 Å². The van der Waals surface area contributed by atoms with Crippen LogP contribution in [0.4, 0.5) is 0 Å². The summed E-state index contributed by atoms with van der Waals surface area (Å²) in [5.41, 5.74) is 1.38. The van der Waals surface area contributed by atoms with Crippen LogP contribution >= 0.6 is 0 Å². The maximum atomic E-state index is 11.6. The highest BCUT2D eigenvalue weighted by Gasteiger charge is 2.15. The van der Waals surface area contributed by atoms with E-state index in [0.717, 1.165) is 5.56 Å². The Balaban J connectivity index is 2.64. The van der Waals surface area contributed by atoms with Gasteiger partial charge in [-0.15, -0.1) is 0 Å². The number of ketones is 1. The third-order valence-corrected chi connectivity index (χ3v) is 2.08. The standard InChI is InChI=1S/C12H15NO3/c1-8-3-5-10(6-4-8)11(15)12(16)13-7-9(2)14/h3-6,9,14H,7H2,1-2H3,(H,13,16). The summed E-state index contributed by atoms with van der Waals surface area (Å²) in [4.78, 5) is 22.9. The summed E-state index contributed by atoms with van der Waals surface area (Å²) in [7, 11) is 0. The van der Waals surface area contributed by atoms with Crippen molar-refractivity contribution in [2.45, 2.75) is 20.0 Å². The topological polar surface area (TPSA) is 66.4 Å². The molecule has 0 bridgehead atoms. The van der Waals surface area contributed by atoms with Gasteiger partial charge >= 0.3 is 0 Å². The minimum atomic E-state index is -0.690. The van der Waals surface area contributed by atoms with E-state index < -0.39 is 17.8 Å². The van der Waals surface area contributed by atoms with Crippen molar-refractivity contribution in [3.63, 3.8) is 0 Å². The minimum absolute atomic E-state index is 0.0798. The maximum Gasteiger partial charge on any atom is 0.292 e. The summed E-state index contributed by atoms with van der Waals surface area (Å²) in [6.07, 6.45) is -0.658. The fourth-order valence-electron chi connectivity index (χ4n) is 1.16. The first kappa shape index (κ1) is 12.4. The predicted molar refractivity (Wildman–Crippen MR) is 60.2 cm³/mol. The number of carbonyl (C=O) groups excluding carboxylic acids is 2. The molecule has 1 aromatic carbocycles. The normalized spacial score (nSPS) is 11.9. The molecule has 16 heavy (non-hydrogen) atoms. The Morgan fingerprint density at radius 1 is 1.31 bits per heavy atom. The van der Waals surface area contributed by atoms with E-state index >= 15 is 0 Å². The molecule has 0 spiro atoms. The van der Waals surface area contributed by atoms with Gasteiger partial charge in [0.05, 0.1) is 6.10 Å². The Bertz CT molecular complexity index is 382. The molecule has 0 fully saturated rings. The Hall–Kier alpha value is -1.68. The van der Waals surface area contributed by atoms with Crippen LogP contribution in [0.5, 0.6) is 0 Å². The van der Waals surface area contributed by atoms with Gasteiger partial charge in [0, 0.05) is 12.1 Å². The number of nitrogens with one attached hydrogen (secondary N) is 1. The average Bonchev–Trinajstić information content (AvgIpc) is 2.26. The van der Waals surface area contributed by atoms with Gasteiger partial charge in [-0.1, -0.05) is 29.8 Å². The van der Waals surface area contributed by atoms with Crippen LogP contribution in [-0.2, 0) is 4.79 Å². The maximum absolute atomic E-state index is 11.6. The molecule has 1 unspecified atom stereocenters. The number of Topliss-reactive ketones (excluding diaryl/α,β-unsaturated/α-hetero) is 1. The van der Waals surface area contributed by atoms with Gasteiger partial charge in [0.15, 0.2) is 0 Å². The van der Waals surface area contributed by atoms with Crippen molar-refractivity contribution in [2.24, 2.45) is 0 Å². The molecule has 4 heteroatoms. The first-order valence-electron chi connectivity index (χ1n) is 5.08. The van der Waals surface area contributed by atoms with E-state index in [1.165, 1.54) is 6.92 Å². The molecular formula is C12H15NO3. The molecule has 0 aromatic heterocycles. The molecule has 0 radical (unpaired) electrons. The lowest BCUT2D eigenvalue weighted by molar-refractivity contribution is -0.117. The highest BCUT2D eigenvalue weighted by molar-refractivity contribution is 6.42. The predicted octanol–water partition coefficient (Wildman–Crippen LogP) is 0.675. The van der Waals surface area contributed by atoms with Crippen molar-refractivity contribution in [3.05, 3.63) is 35.4 Å². The van der Waals surface area contributed by atoms with Crippen LogP contribution in [0, 0.1) is 6.92 Å². The van der Waals surface area contributed by atoms with Crippen molar-refractivity contribution in [2.75, 3.05) is 6.54 Å². The van der Waals surface area contributed by atoms with Gasteiger partial charge in [0.2, 0.25) is 5.78 Å². The lowest BCUT2D eigenvalue weighted by Crippen LogP contribution is -2.35. The lowest BCUT2D eigenvalue weighted by Gasteiger charge is -2.06. The number of rotatable bonds is 4. The average molecular weight is 221 g/mol. The molecule has 1 aromatic rings. The van der Waals surface area contributed by atoms with Crippen LogP contribution in [0.1, 0.15) is 22.8 Å². The SMILES string of the molecule is Cc1ccc(C(=O)C(=O)NCC(C)O)cc1. The van der Waals surface area contributed by atoms with Crippen molar-refractivity contribution < 1.29 is 14.7 Å². The number of aryl methyl sites for hydroxylation is 1. The van der Waals surface area contributed by atoms with Gasteiger partial charge in [-0.05, 0) is 13.8 Å². The van der Waals surface area contributed by atoms with E-state index in [4.69, 9.17) is 5.11 Å². The van der Waals surface area contributed by atoms with E-state index in [9.17, 15) is 9.59 Å². The Morgan fingerprint density at radius 3 is 2.38 bits per heavy atom. The van der Waals surface area contributed by atoms with Crippen LogP contribution in [0.2, 0.25) is 0 Å². The summed E-state index contributed by atoms with van der Waals surface area (Å²) in [6.45, 7) is 3.52. The zero-order valence-corrected chi connectivity index (χ0v) is 9.36. The Morgan fingerprint density at radius 2 is 1.88 bits per heavy atom. The molecule has 0 saturated carbocycles. The van der Waals surface area contributed by atoms with Crippen LogP contribution in [0.15, 0.2) is 24.3 Å². The van der Waals surface area contributed by atoms with E-state index in [1.807, 2.05) is 6.92 Å². The molecule has 1 rings (SSSR count). The minimum Gasteiger partial charge on any atom is -0.392 e.